The van der Waals surface area contributed by atoms with Crippen LogP contribution in [-0.2, 0) is 10.2 Å². The second-order valence-corrected chi connectivity index (χ2v) is 10.3. The molecule has 6 nitrogen and oxygen atoms in total. The van der Waals surface area contributed by atoms with Gasteiger partial charge >= 0.3 is 0 Å². The van der Waals surface area contributed by atoms with Gasteiger partial charge in [-0.1, -0.05) is 56.8 Å². The van der Waals surface area contributed by atoms with Gasteiger partial charge in [0.25, 0.3) is 5.56 Å². The summed E-state index contributed by atoms with van der Waals surface area (Å²) in [5.41, 5.74) is 2.22. The summed E-state index contributed by atoms with van der Waals surface area (Å²) in [6, 6.07) is 16.9. The van der Waals surface area contributed by atoms with Gasteiger partial charge in [0.15, 0.2) is 5.16 Å². The lowest BCUT2D eigenvalue weighted by Gasteiger charge is -2.21. The second kappa shape index (κ2) is 9.41. The van der Waals surface area contributed by atoms with E-state index in [-0.39, 0.29) is 22.6 Å². The predicted molar refractivity (Wildman–Crippen MR) is 136 cm³/mol. The Morgan fingerprint density at radius 3 is 2.61 bits per heavy atom. The van der Waals surface area contributed by atoms with Crippen LogP contribution in [0.1, 0.15) is 26.3 Å². The van der Waals surface area contributed by atoms with Crippen molar-refractivity contribution in [1.29, 1.82) is 0 Å². The number of methoxy groups -OCH3 is 1. The predicted octanol–water partition coefficient (Wildman–Crippen LogP) is 5.48. The first-order chi connectivity index (χ1) is 15.8. The first kappa shape index (κ1) is 23.1. The lowest BCUT2D eigenvalue weighted by Crippen LogP contribution is -2.22. The monoisotopic (exact) mass is 479 g/mol. The smallest absolute Gasteiger partial charge is 0.267 e. The van der Waals surface area contributed by atoms with Crippen molar-refractivity contribution in [3.05, 3.63) is 75.9 Å². The third-order valence-electron chi connectivity index (χ3n) is 5.15. The molecule has 1 N–H and O–H groups in total. The van der Waals surface area contributed by atoms with Crippen molar-refractivity contribution in [2.24, 2.45) is 0 Å². The standard InChI is InChI=1S/C25H25N3O3S2/c1-25(2,3)16-10-11-20(31-4)19(14-16)26-21(29)15-33-24-27-22-18(12-13-32-22)23(30)28(24)17-8-6-5-7-9-17/h5-14H,15H2,1-4H3,(H,26,29). The van der Waals surface area contributed by atoms with Gasteiger partial charge in [-0.15, -0.1) is 11.3 Å². The molecule has 0 radical (unpaired) electrons. The van der Waals surface area contributed by atoms with Gasteiger partial charge in [0.05, 0.1) is 29.6 Å². The van der Waals surface area contributed by atoms with Gasteiger partial charge in [0.2, 0.25) is 5.91 Å². The number of nitrogens with one attached hydrogen (secondary N) is 1. The molecule has 0 unspecified atom stereocenters. The van der Waals surface area contributed by atoms with Crippen molar-refractivity contribution < 1.29 is 9.53 Å². The van der Waals surface area contributed by atoms with E-state index in [0.717, 1.165) is 5.56 Å². The zero-order valence-electron chi connectivity index (χ0n) is 18.9. The Hall–Kier alpha value is -3.10. The zero-order chi connectivity index (χ0) is 23.6. The van der Waals surface area contributed by atoms with Gasteiger partial charge in [-0.05, 0) is 46.7 Å². The number of nitrogens with zero attached hydrogens (tertiary/aromatic N) is 2. The van der Waals surface area contributed by atoms with Gasteiger partial charge < -0.3 is 10.1 Å². The molecule has 4 aromatic rings. The zero-order valence-corrected chi connectivity index (χ0v) is 20.5. The van der Waals surface area contributed by atoms with Gasteiger partial charge in [-0.3, -0.25) is 14.2 Å². The molecule has 8 heteroatoms. The van der Waals surface area contributed by atoms with E-state index in [4.69, 9.17) is 4.74 Å². The van der Waals surface area contributed by atoms with Crippen molar-refractivity contribution in [2.75, 3.05) is 18.2 Å². The number of fused-ring (bicyclic) bond motifs is 1. The number of carbonyl (C=O) groups is 1. The maximum atomic E-state index is 13.2. The minimum Gasteiger partial charge on any atom is -0.495 e. The number of para-hydroxylation sites is 1. The molecule has 170 valence electrons. The number of hydrogen-bond acceptors (Lipinski definition) is 6. The lowest BCUT2D eigenvalue weighted by atomic mass is 9.87. The number of carbonyl (C=O) groups excluding carboxylic acids is 1. The van der Waals surface area contributed by atoms with Crippen LogP contribution in [0.3, 0.4) is 0 Å². The highest BCUT2D eigenvalue weighted by Gasteiger charge is 2.19. The first-order valence-corrected chi connectivity index (χ1v) is 12.3. The van der Waals surface area contributed by atoms with Gasteiger partial charge in [-0.2, -0.15) is 0 Å². The maximum Gasteiger partial charge on any atom is 0.267 e. The topological polar surface area (TPSA) is 73.2 Å². The molecule has 0 saturated heterocycles. The second-order valence-electron chi connectivity index (χ2n) is 8.51. The minimum atomic E-state index is -0.204. The van der Waals surface area contributed by atoms with E-state index in [1.165, 1.54) is 23.1 Å². The van der Waals surface area contributed by atoms with Crippen LogP contribution in [0, 0.1) is 0 Å². The summed E-state index contributed by atoms with van der Waals surface area (Å²) < 4.78 is 6.99. The Morgan fingerprint density at radius 1 is 1.15 bits per heavy atom. The van der Waals surface area contributed by atoms with Crippen LogP contribution in [0.25, 0.3) is 15.9 Å². The molecule has 0 saturated carbocycles. The van der Waals surface area contributed by atoms with E-state index in [2.05, 4.69) is 31.1 Å². The molecule has 2 aromatic heterocycles. The van der Waals surface area contributed by atoms with E-state index >= 15 is 0 Å². The Labute approximate surface area is 200 Å². The molecule has 0 fully saturated rings. The van der Waals surface area contributed by atoms with Gasteiger partial charge in [0, 0.05) is 0 Å². The summed E-state index contributed by atoms with van der Waals surface area (Å²) >= 11 is 2.64. The molecule has 2 heterocycles. The van der Waals surface area contributed by atoms with Crippen LogP contribution in [0.15, 0.2) is 69.9 Å². The third kappa shape index (κ3) is 4.96. The molecule has 4 rings (SSSR count). The summed E-state index contributed by atoms with van der Waals surface area (Å²) in [6.07, 6.45) is 0. The van der Waals surface area contributed by atoms with Crippen LogP contribution in [0.2, 0.25) is 0 Å². The SMILES string of the molecule is COc1ccc(C(C)(C)C)cc1NC(=O)CSc1nc2sccc2c(=O)n1-c1ccccc1. The molecular weight excluding hydrogens is 454 g/mol. The highest BCUT2D eigenvalue weighted by Crippen LogP contribution is 2.32. The number of benzene rings is 2. The molecule has 2 aromatic carbocycles. The van der Waals surface area contributed by atoms with E-state index in [0.29, 0.717) is 32.5 Å². The quantitative estimate of drug-likeness (QED) is 0.293. The van der Waals surface area contributed by atoms with Crippen molar-refractivity contribution in [3.8, 4) is 11.4 Å². The number of amides is 1. The molecule has 0 spiro atoms. The summed E-state index contributed by atoms with van der Waals surface area (Å²) in [5, 5.41) is 5.85. The number of anilines is 1. The van der Waals surface area contributed by atoms with Crippen LogP contribution < -0.4 is 15.6 Å². The Kier molecular flexibility index (Phi) is 6.58. The van der Waals surface area contributed by atoms with E-state index in [9.17, 15) is 9.59 Å². The van der Waals surface area contributed by atoms with E-state index in [1.807, 2.05) is 53.9 Å². The number of aromatic nitrogens is 2. The highest BCUT2D eigenvalue weighted by molar-refractivity contribution is 7.99. The fourth-order valence-corrected chi connectivity index (χ4v) is 5.00. The molecule has 0 aliphatic heterocycles. The van der Waals surface area contributed by atoms with Crippen LogP contribution >= 0.6 is 23.1 Å². The summed E-state index contributed by atoms with van der Waals surface area (Å²) in [5.74, 6) is 0.490. The van der Waals surface area contributed by atoms with Crippen LogP contribution in [0.5, 0.6) is 5.75 Å². The van der Waals surface area contributed by atoms with Gasteiger partial charge in [0.1, 0.15) is 10.6 Å². The number of thioether (sulfide) groups is 1. The largest absolute Gasteiger partial charge is 0.495 e. The normalized spacial score (nSPS) is 11.5. The van der Waals surface area contributed by atoms with Crippen molar-refractivity contribution in [3.63, 3.8) is 0 Å². The van der Waals surface area contributed by atoms with Crippen molar-refractivity contribution in [2.45, 2.75) is 31.3 Å². The highest BCUT2D eigenvalue weighted by atomic mass is 32.2. The first-order valence-electron chi connectivity index (χ1n) is 10.4. The fraction of sp³-hybridized carbons (Fsp3) is 0.240. The molecule has 33 heavy (non-hydrogen) atoms. The van der Waals surface area contributed by atoms with Gasteiger partial charge in [-0.25, -0.2) is 4.98 Å². The molecule has 0 aliphatic carbocycles. The van der Waals surface area contributed by atoms with E-state index < -0.39 is 0 Å². The maximum absolute atomic E-state index is 13.2. The number of thiophene rings is 1. The lowest BCUT2D eigenvalue weighted by molar-refractivity contribution is -0.113. The van der Waals surface area contributed by atoms with Crippen LogP contribution in [-0.4, -0.2) is 28.3 Å². The van der Waals surface area contributed by atoms with Crippen molar-refractivity contribution in [1.82, 2.24) is 9.55 Å². The fourth-order valence-electron chi connectivity index (χ4n) is 3.38. The third-order valence-corrected chi connectivity index (χ3v) is 6.90. The minimum absolute atomic E-state index is 0.0632. The molecule has 0 bridgehead atoms. The Bertz CT molecular complexity index is 1360. The average molecular weight is 480 g/mol. The average Bonchev–Trinajstić information content (AvgIpc) is 3.27. The Morgan fingerprint density at radius 2 is 1.91 bits per heavy atom. The van der Waals surface area contributed by atoms with Crippen LogP contribution in [0.4, 0.5) is 5.69 Å². The molecular formula is C25H25N3O3S2. The number of hydrogen-bond donors (Lipinski definition) is 1. The number of rotatable bonds is 6. The Balaban J connectivity index is 1.61. The summed E-state index contributed by atoms with van der Waals surface area (Å²) in [4.78, 5) is 31.4. The summed E-state index contributed by atoms with van der Waals surface area (Å²) in [6.45, 7) is 6.35. The molecule has 1 amide bonds. The molecule has 0 atom stereocenters. The number of ether oxygens (including phenoxy) is 1. The van der Waals surface area contributed by atoms with Crippen molar-refractivity contribution >= 4 is 44.9 Å². The van der Waals surface area contributed by atoms with E-state index in [1.54, 1.807) is 17.7 Å². The molecule has 0 aliphatic rings. The summed E-state index contributed by atoms with van der Waals surface area (Å²) in [7, 11) is 1.58.